The van der Waals surface area contributed by atoms with Gasteiger partial charge >= 0.3 is 29.6 Å². The summed E-state index contributed by atoms with van der Waals surface area (Å²) in [5.41, 5.74) is 0. The number of carbonyl (C=O) groups is 1. The van der Waals surface area contributed by atoms with Crippen molar-refractivity contribution in [2.45, 2.75) is 0 Å². The van der Waals surface area contributed by atoms with E-state index < -0.39 is 18.0 Å². The summed E-state index contributed by atoms with van der Waals surface area (Å²) in [7, 11) is 0. The summed E-state index contributed by atoms with van der Waals surface area (Å²) < 4.78 is 22.5. The van der Waals surface area contributed by atoms with E-state index in [-0.39, 0.29) is 29.6 Å². The summed E-state index contributed by atoms with van der Waals surface area (Å²) in [5.74, 6) is 0. The molecule has 0 rings (SSSR count). The predicted octanol–water partition coefficient (Wildman–Crippen LogP) is -4.00. The molecular formula is C2H3NaO4S. The maximum absolute atomic E-state index is 9.38. The number of hydrogen-bond acceptors (Lipinski definition) is 4. The summed E-state index contributed by atoms with van der Waals surface area (Å²) in [6.07, 6.45) is 0.357. The number of aldehydes is 1. The molecule has 0 aromatic rings. The Morgan fingerprint density at radius 3 is 2.38 bits per heavy atom. The van der Waals surface area contributed by atoms with Crippen LogP contribution < -0.4 is 29.6 Å². The van der Waals surface area contributed by atoms with Gasteiger partial charge < -0.3 is 9.35 Å². The molecular weight excluding hydrogens is 143 g/mol. The molecule has 0 N–H and O–H groups in total. The molecule has 0 aliphatic carbocycles. The molecule has 0 spiro atoms. The van der Waals surface area contributed by atoms with Gasteiger partial charge in [-0.2, -0.15) is 0 Å². The van der Waals surface area contributed by atoms with E-state index in [9.17, 15) is 13.6 Å². The van der Waals surface area contributed by atoms with Gasteiger partial charge in [0.05, 0.1) is 11.4 Å². The molecule has 0 amide bonds. The maximum atomic E-state index is 9.38. The fourth-order valence-corrected chi connectivity index (χ4v) is 0.250. The normalized spacial score (nSPS) is 11.6. The average molecular weight is 146 g/mol. The Morgan fingerprint density at radius 2 is 2.25 bits per heavy atom. The fraction of sp³-hybridized carbons (Fsp3) is 0.500. The van der Waals surface area contributed by atoms with Crippen molar-refractivity contribution in [2.75, 3.05) is 6.61 Å². The second-order valence-corrected chi connectivity index (χ2v) is 1.30. The molecule has 0 aliphatic heterocycles. The molecule has 42 valence electrons. The summed E-state index contributed by atoms with van der Waals surface area (Å²) in [6, 6.07) is 0. The Bertz CT molecular complexity index is 84.1. The Hall–Kier alpha value is 0.740. The predicted molar refractivity (Wildman–Crippen MR) is 20.9 cm³/mol. The van der Waals surface area contributed by atoms with E-state index in [1.807, 2.05) is 0 Å². The van der Waals surface area contributed by atoms with Crippen LogP contribution in [-0.2, 0) is 20.3 Å². The van der Waals surface area contributed by atoms with E-state index in [2.05, 4.69) is 4.18 Å². The van der Waals surface area contributed by atoms with Gasteiger partial charge in [0.25, 0.3) is 0 Å². The molecule has 1 unspecified atom stereocenters. The molecule has 6 heteroatoms. The standard InChI is InChI=1S/C2H4O4S.Na/c3-1-2-6-7(4)5;/h1H,2H2,(H,4,5);/q;+1/p-1. The molecule has 0 aliphatic rings. The smallest absolute Gasteiger partial charge is 0.750 e. The van der Waals surface area contributed by atoms with E-state index in [4.69, 9.17) is 0 Å². The van der Waals surface area contributed by atoms with Gasteiger partial charge in [-0.15, -0.1) is 0 Å². The minimum absolute atomic E-state index is 0. The molecule has 0 saturated carbocycles. The first-order valence-electron chi connectivity index (χ1n) is 1.43. The van der Waals surface area contributed by atoms with Gasteiger partial charge in [-0.1, -0.05) is 0 Å². The van der Waals surface area contributed by atoms with Crippen molar-refractivity contribution in [1.82, 2.24) is 0 Å². The molecule has 0 aromatic carbocycles. The van der Waals surface area contributed by atoms with Crippen molar-refractivity contribution in [1.29, 1.82) is 0 Å². The molecule has 0 saturated heterocycles. The first kappa shape index (κ1) is 11.5. The zero-order valence-electron chi connectivity index (χ0n) is 4.33. The van der Waals surface area contributed by atoms with Gasteiger partial charge in [0, 0.05) is 0 Å². The topological polar surface area (TPSA) is 66.4 Å². The second kappa shape index (κ2) is 7.74. The number of hydrogen-bond donors (Lipinski definition) is 0. The van der Waals surface area contributed by atoms with E-state index in [1.165, 1.54) is 0 Å². The average Bonchev–Trinajstić information content (AvgIpc) is 1.61. The first-order valence-corrected chi connectivity index (χ1v) is 2.43. The van der Waals surface area contributed by atoms with Crippen LogP contribution in [0.1, 0.15) is 0 Å². The largest absolute Gasteiger partial charge is 1.00 e. The third-order valence-electron chi connectivity index (χ3n) is 0.232. The zero-order chi connectivity index (χ0) is 5.70. The Labute approximate surface area is 71.4 Å². The van der Waals surface area contributed by atoms with E-state index >= 15 is 0 Å². The van der Waals surface area contributed by atoms with Crippen molar-refractivity contribution >= 4 is 17.6 Å². The van der Waals surface area contributed by atoms with Gasteiger partial charge in [-0.3, -0.25) is 4.18 Å². The van der Waals surface area contributed by atoms with Gasteiger partial charge in [0.1, 0.15) is 12.9 Å². The summed E-state index contributed by atoms with van der Waals surface area (Å²) in [4.78, 5) is 9.31. The minimum atomic E-state index is -2.55. The van der Waals surface area contributed by atoms with Crippen molar-refractivity contribution < 1.29 is 47.3 Å². The van der Waals surface area contributed by atoms with E-state index in [0.29, 0.717) is 6.29 Å². The molecule has 0 fully saturated rings. The van der Waals surface area contributed by atoms with Crippen LogP contribution in [0.25, 0.3) is 0 Å². The molecule has 0 radical (unpaired) electrons. The van der Waals surface area contributed by atoms with Crippen LogP contribution in [0, 0.1) is 0 Å². The maximum Gasteiger partial charge on any atom is 1.00 e. The van der Waals surface area contributed by atoms with Crippen LogP contribution in [0.2, 0.25) is 0 Å². The number of carbonyl (C=O) groups excluding carboxylic acids is 1. The summed E-state index contributed by atoms with van der Waals surface area (Å²) in [5, 5.41) is 0. The third-order valence-corrected chi connectivity index (χ3v) is 0.561. The van der Waals surface area contributed by atoms with Crippen LogP contribution in [-0.4, -0.2) is 21.7 Å². The Balaban J connectivity index is 0. The van der Waals surface area contributed by atoms with Crippen molar-refractivity contribution in [2.24, 2.45) is 0 Å². The van der Waals surface area contributed by atoms with Crippen molar-refractivity contribution in [3.63, 3.8) is 0 Å². The quantitative estimate of drug-likeness (QED) is 0.231. The van der Waals surface area contributed by atoms with Gasteiger partial charge in [0.2, 0.25) is 0 Å². The second-order valence-electron chi connectivity index (χ2n) is 0.655. The van der Waals surface area contributed by atoms with Crippen molar-refractivity contribution in [3.05, 3.63) is 0 Å². The molecule has 0 aromatic heterocycles. The summed E-state index contributed by atoms with van der Waals surface area (Å²) in [6.45, 7) is -0.393. The molecule has 1 atom stereocenters. The number of rotatable bonds is 3. The molecule has 8 heavy (non-hydrogen) atoms. The van der Waals surface area contributed by atoms with Gasteiger partial charge in [-0.25, -0.2) is 4.21 Å². The van der Waals surface area contributed by atoms with Crippen LogP contribution in [0.5, 0.6) is 0 Å². The van der Waals surface area contributed by atoms with E-state index in [0.717, 1.165) is 0 Å². The zero-order valence-corrected chi connectivity index (χ0v) is 7.14. The van der Waals surface area contributed by atoms with Gasteiger partial charge in [0.15, 0.2) is 0 Å². The minimum Gasteiger partial charge on any atom is -0.750 e. The Morgan fingerprint density at radius 1 is 1.75 bits per heavy atom. The summed E-state index contributed by atoms with van der Waals surface area (Å²) >= 11 is -2.55. The molecule has 0 bridgehead atoms. The molecule has 4 nitrogen and oxygen atoms in total. The van der Waals surface area contributed by atoms with Crippen LogP contribution in [0.15, 0.2) is 0 Å². The van der Waals surface area contributed by atoms with E-state index in [1.54, 1.807) is 0 Å². The third kappa shape index (κ3) is 9.88. The van der Waals surface area contributed by atoms with Crippen LogP contribution in [0.3, 0.4) is 0 Å². The van der Waals surface area contributed by atoms with Crippen LogP contribution in [0.4, 0.5) is 0 Å². The monoisotopic (exact) mass is 146 g/mol. The molecule has 0 heterocycles. The van der Waals surface area contributed by atoms with Crippen molar-refractivity contribution in [3.8, 4) is 0 Å². The Kier molecular flexibility index (Phi) is 11.2. The first-order chi connectivity index (χ1) is 3.27. The fourth-order valence-electron chi connectivity index (χ4n) is 0.0833. The van der Waals surface area contributed by atoms with Gasteiger partial charge in [-0.05, 0) is 0 Å². The van der Waals surface area contributed by atoms with Crippen LogP contribution >= 0.6 is 0 Å². The SMILES string of the molecule is O=CCOS(=O)[O-].[Na+].